The number of aliphatic hydroxyl groups excluding tert-OH is 1. The average molecular weight is 369 g/mol. The first-order valence-electron chi connectivity index (χ1n) is 11.8. The van der Waals surface area contributed by atoms with Gasteiger partial charge in [-0.2, -0.15) is 0 Å². The second kappa shape index (κ2) is 18.0. The molecule has 0 amide bonds. The lowest BCUT2D eigenvalue weighted by Gasteiger charge is -2.13. The van der Waals surface area contributed by atoms with Crippen molar-refractivity contribution in [3.05, 3.63) is 12.2 Å². The van der Waals surface area contributed by atoms with E-state index in [1.165, 1.54) is 89.9 Å². The molecular formula is C24H45FO. The molecule has 3 aliphatic carbocycles. The summed E-state index contributed by atoms with van der Waals surface area (Å²) in [5.74, 6) is 0. The summed E-state index contributed by atoms with van der Waals surface area (Å²) in [6.45, 7) is 0. The zero-order chi connectivity index (χ0) is 18.7. The molecule has 0 heterocycles. The summed E-state index contributed by atoms with van der Waals surface area (Å²) in [4.78, 5) is 0. The quantitative estimate of drug-likeness (QED) is 0.429. The first-order chi connectivity index (χ1) is 12.8. The number of aliphatic hydroxyl groups is 1. The van der Waals surface area contributed by atoms with Gasteiger partial charge in [-0.15, -0.1) is 0 Å². The van der Waals surface area contributed by atoms with Gasteiger partial charge in [-0.1, -0.05) is 89.2 Å². The Labute approximate surface area is 162 Å². The highest BCUT2D eigenvalue weighted by Crippen LogP contribution is 2.19. The maximum atomic E-state index is 12.6. The number of alkyl halides is 1. The summed E-state index contributed by atoms with van der Waals surface area (Å²) in [7, 11) is 0. The third-order valence-electron chi connectivity index (χ3n) is 5.77. The zero-order valence-corrected chi connectivity index (χ0v) is 17.3. The normalized spacial score (nSPS) is 24.1. The molecule has 0 atom stereocenters. The van der Waals surface area contributed by atoms with Gasteiger partial charge in [-0.05, 0) is 51.4 Å². The molecule has 3 aliphatic rings. The Hall–Kier alpha value is -0.370. The lowest BCUT2D eigenvalue weighted by atomic mass is 9.99. The summed E-state index contributed by atoms with van der Waals surface area (Å²) >= 11 is 0. The Balaban J connectivity index is 0.000000195. The Kier molecular flexibility index (Phi) is 16.4. The molecule has 0 unspecified atom stereocenters. The third-order valence-corrected chi connectivity index (χ3v) is 5.77. The van der Waals surface area contributed by atoms with Gasteiger partial charge in [-0.3, -0.25) is 0 Å². The highest BCUT2D eigenvalue weighted by atomic mass is 19.1. The van der Waals surface area contributed by atoms with Crippen LogP contribution in [0.15, 0.2) is 12.2 Å². The summed E-state index contributed by atoms with van der Waals surface area (Å²) in [5, 5.41) is 9.21. The molecule has 2 fully saturated rings. The summed E-state index contributed by atoms with van der Waals surface area (Å²) in [6.07, 6.45) is 28.8. The minimum absolute atomic E-state index is 0.0188. The van der Waals surface area contributed by atoms with Crippen molar-refractivity contribution in [2.45, 2.75) is 141 Å². The van der Waals surface area contributed by atoms with Crippen LogP contribution in [0.2, 0.25) is 0 Å². The van der Waals surface area contributed by atoms with E-state index >= 15 is 0 Å². The molecule has 1 N–H and O–H groups in total. The predicted octanol–water partition coefficient (Wildman–Crippen LogP) is 8.06. The summed E-state index contributed by atoms with van der Waals surface area (Å²) in [6, 6.07) is 0. The van der Waals surface area contributed by atoms with Gasteiger partial charge in [0.15, 0.2) is 0 Å². The molecule has 0 bridgehead atoms. The number of hydrogen-bond donors (Lipinski definition) is 1. The lowest BCUT2D eigenvalue weighted by Crippen LogP contribution is -2.07. The largest absolute Gasteiger partial charge is 0.393 e. The van der Waals surface area contributed by atoms with E-state index in [0.29, 0.717) is 0 Å². The molecule has 2 saturated carbocycles. The number of allylic oxidation sites excluding steroid dienone is 2. The Morgan fingerprint density at radius 2 is 0.846 bits per heavy atom. The Morgan fingerprint density at radius 3 is 1.31 bits per heavy atom. The van der Waals surface area contributed by atoms with Gasteiger partial charge in [0.2, 0.25) is 0 Å². The van der Waals surface area contributed by atoms with E-state index in [4.69, 9.17) is 0 Å². The average Bonchev–Trinajstić information content (AvgIpc) is 2.55. The molecule has 1 nitrogen and oxygen atoms in total. The first-order valence-corrected chi connectivity index (χ1v) is 11.8. The van der Waals surface area contributed by atoms with E-state index in [1.807, 2.05) is 0 Å². The SMILES string of the molecule is C1=CCCCCCC1.FC1CCCCCCC1.OC1CCCCCCC1. The van der Waals surface area contributed by atoms with Gasteiger partial charge in [0, 0.05) is 0 Å². The second-order valence-corrected chi connectivity index (χ2v) is 8.40. The molecule has 0 radical (unpaired) electrons. The smallest absolute Gasteiger partial charge is 0.100 e. The maximum Gasteiger partial charge on any atom is 0.100 e. The van der Waals surface area contributed by atoms with E-state index in [0.717, 1.165) is 38.5 Å². The van der Waals surface area contributed by atoms with E-state index in [2.05, 4.69) is 12.2 Å². The molecular weight excluding hydrogens is 323 g/mol. The van der Waals surface area contributed by atoms with Crippen LogP contribution in [0.25, 0.3) is 0 Å². The van der Waals surface area contributed by atoms with E-state index in [9.17, 15) is 9.50 Å². The zero-order valence-electron chi connectivity index (χ0n) is 17.3. The van der Waals surface area contributed by atoms with Gasteiger partial charge in [0.1, 0.15) is 6.17 Å². The van der Waals surface area contributed by atoms with E-state index < -0.39 is 6.17 Å². The van der Waals surface area contributed by atoms with Crippen molar-refractivity contribution in [3.8, 4) is 0 Å². The topological polar surface area (TPSA) is 20.2 Å². The Morgan fingerprint density at radius 1 is 0.500 bits per heavy atom. The molecule has 26 heavy (non-hydrogen) atoms. The fraction of sp³-hybridized carbons (Fsp3) is 0.917. The number of halogens is 1. The van der Waals surface area contributed by atoms with Crippen LogP contribution in [0, 0.1) is 0 Å². The fourth-order valence-corrected chi connectivity index (χ4v) is 3.95. The summed E-state index contributed by atoms with van der Waals surface area (Å²) in [5.41, 5.74) is 0. The number of hydrogen-bond acceptors (Lipinski definition) is 1. The van der Waals surface area contributed by atoms with Crippen molar-refractivity contribution in [2.75, 3.05) is 0 Å². The van der Waals surface area contributed by atoms with Crippen molar-refractivity contribution in [2.24, 2.45) is 0 Å². The van der Waals surface area contributed by atoms with Crippen LogP contribution in [0.5, 0.6) is 0 Å². The summed E-state index contributed by atoms with van der Waals surface area (Å²) < 4.78 is 12.6. The van der Waals surface area contributed by atoms with Crippen molar-refractivity contribution < 1.29 is 9.50 Å². The molecule has 0 saturated heterocycles. The molecule has 2 heteroatoms. The van der Waals surface area contributed by atoms with E-state index in [1.54, 1.807) is 0 Å². The van der Waals surface area contributed by atoms with Crippen LogP contribution >= 0.6 is 0 Å². The van der Waals surface area contributed by atoms with Crippen LogP contribution < -0.4 is 0 Å². The monoisotopic (exact) mass is 368 g/mol. The third kappa shape index (κ3) is 15.9. The molecule has 0 spiro atoms. The van der Waals surface area contributed by atoms with Gasteiger partial charge in [0.05, 0.1) is 6.10 Å². The van der Waals surface area contributed by atoms with Crippen molar-refractivity contribution in [1.82, 2.24) is 0 Å². The van der Waals surface area contributed by atoms with Crippen LogP contribution in [0.3, 0.4) is 0 Å². The Bertz CT molecular complexity index is 269. The van der Waals surface area contributed by atoms with Crippen molar-refractivity contribution in [3.63, 3.8) is 0 Å². The molecule has 0 aromatic carbocycles. The van der Waals surface area contributed by atoms with Gasteiger partial charge < -0.3 is 5.11 Å². The van der Waals surface area contributed by atoms with Gasteiger partial charge in [0.25, 0.3) is 0 Å². The number of rotatable bonds is 0. The predicted molar refractivity (Wildman–Crippen MR) is 112 cm³/mol. The highest BCUT2D eigenvalue weighted by molar-refractivity contribution is 4.82. The van der Waals surface area contributed by atoms with Crippen molar-refractivity contribution in [1.29, 1.82) is 0 Å². The van der Waals surface area contributed by atoms with Crippen LogP contribution in [-0.2, 0) is 0 Å². The van der Waals surface area contributed by atoms with Gasteiger partial charge >= 0.3 is 0 Å². The minimum atomic E-state index is -0.481. The first kappa shape index (κ1) is 23.7. The molecule has 3 rings (SSSR count). The van der Waals surface area contributed by atoms with Crippen molar-refractivity contribution >= 4 is 0 Å². The van der Waals surface area contributed by atoms with Crippen LogP contribution in [0.4, 0.5) is 4.39 Å². The minimum Gasteiger partial charge on any atom is -0.393 e. The molecule has 154 valence electrons. The fourth-order valence-electron chi connectivity index (χ4n) is 3.95. The van der Waals surface area contributed by atoms with Crippen LogP contribution in [0.1, 0.15) is 128 Å². The van der Waals surface area contributed by atoms with Crippen LogP contribution in [-0.4, -0.2) is 17.4 Å². The molecule has 0 aromatic heterocycles. The van der Waals surface area contributed by atoms with Gasteiger partial charge in [-0.25, -0.2) is 4.39 Å². The second-order valence-electron chi connectivity index (χ2n) is 8.40. The van der Waals surface area contributed by atoms with E-state index in [-0.39, 0.29) is 6.10 Å². The maximum absolute atomic E-state index is 12.6. The molecule has 0 aliphatic heterocycles. The highest BCUT2D eigenvalue weighted by Gasteiger charge is 2.08. The standard InChI is InChI=1S/C8H15F.C8H16O.C8H14/c2*9-8-6-4-2-1-3-5-7-8;1-2-4-6-8-7-5-3-1/h8H,1-7H2;8-9H,1-7H2;1-2H,3-8H2. The molecule has 0 aromatic rings. The lowest BCUT2D eigenvalue weighted by molar-refractivity contribution is 0.141.